The summed E-state index contributed by atoms with van der Waals surface area (Å²) in [5, 5.41) is 9.26. The number of benzene rings is 1. The maximum Gasteiger partial charge on any atom is 0.310 e. The minimum atomic E-state index is -0.727. The van der Waals surface area contributed by atoms with Gasteiger partial charge in [-0.3, -0.25) is 4.79 Å². The molecule has 0 aliphatic rings. The summed E-state index contributed by atoms with van der Waals surface area (Å²) in [7, 11) is 0. The van der Waals surface area contributed by atoms with Crippen molar-refractivity contribution in [1.82, 2.24) is 0 Å². The zero-order chi connectivity index (χ0) is 11.4. The monoisotopic (exact) mass is 276 g/mol. The van der Waals surface area contributed by atoms with E-state index in [2.05, 4.69) is 15.9 Å². The van der Waals surface area contributed by atoms with Gasteiger partial charge in [-0.1, -0.05) is 6.07 Å². The first-order valence-corrected chi connectivity index (χ1v) is 5.17. The van der Waals surface area contributed by atoms with Crippen LogP contribution >= 0.6 is 15.9 Å². The second-order valence-electron chi connectivity index (χ2n) is 2.85. The number of aromatic hydroxyl groups is 1. The molecule has 0 bridgehead atoms. The van der Waals surface area contributed by atoms with Gasteiger partial charge in [-0.25, -0.2) is 4.39 Å². The first-order chi connectivity index (χ1) is 7.06. The highest BCUT2D eigenvalue weighted by molar-refractivity contribution is 9.10. The van der Waals surface area contributed by atoms with Gasteiger partial charge >= 0.3 is 5.97 Å². The summed E-state index contributed by atoms with van der Waals surface area (Å²) in [5.41, 5.74) is 0.493. The van der Waals surface area contributed by atoms with E-state index in [1.165, 1.54) is 6.07 Å². The summed E-state index contributed by atoms with van der Waals surface area (Å²) < 4.78 is 17.8. The van der Waals surface area contributed by atoms with E-state index in [1.54, 1.807) is 6.92 Å². The van der Waals surface area contributed by atoms with Crippen molar-refractivity contribution >= 4 is 21.9 Å². The molecule has 0 unspecified atom stereocenters. The lowest BCUT2D eigenvalue weighted by Gasteiger charge is -2.06. The van der Waals surface area contributed by atoms with Gasteiger partial charge in [0, 0.05) is 0 Å². The van der Waals surface area contributed by atoms with Crippen LogP contribution in [0.15, 0.2) is 16.6 Å². The van der Waals surface area contributed by atoms with Crippen LogP contribution < -0.4 is 0 Å². The third-order valence-electron chi connectivity index (χ3n) is 1.79. The number of esters is 1. The molecule has 15 heavy (non-hydrogen) atoms. The van der Waals surface area contributed by atoms with Gasteiger partial charge in [0.15, 0.2) is 11.6 Å². The second-order valence-corrected chi connectivity index (χ2v) is 3.64. The van der Waals surface area contributed by atoms with Crippen LogP contribution in [-0.4, -0.2) is 17.7 Å². The van der Waals surface area contributed by atoms with E-state index < -0.39 is 17.5 Å². The number of carbonyl (C=O) groups excluding carboxylic acids is 1. The molecule has 1 N–H and O–H groups in total. The number of carbonyl (C=O) groups is 1. The fourth-order valence-electron chi connectivity index (χ4n) is 1.09. The highest BCUT2D eigenvalue weighted by Crippen LogP contribution is 2.30. The maximum absolute atomic E-state index is 12.8. The van der Waals surface area contributed by atoms with Gasteiger partial charge in [0.1, 0.15) is 0 Å². The minimum Gasteiger partial charge on any atom is -0.504 e. The predicted octanol–water partition coefficient (Wildman–Crippen LogP) is 2.40. The van der Waals surface area contributed by atoms with Gasteiger partial charge in [0.25, 0.3) is 0 Å². The van der Waals surface area contributed by atoms with Crippen molar-refractivity contribution in [2.24, 2.45) is 0 Å². The molecule has 5 heteroatoms. The lowest BCUT2D eigenvalue weighted by atomic mass is 10.1. The molecule has 0 fully saturated rings. The van der Waals surface area contributed by atoms with E-state index in [4.69, 9.17) is 4.74 Å². The quantitative estimate of drug-likeness (QED) is 0.863. The zero-order valence-corrected chi connectivity index (χ0v) is 9.67. The molecule has 0 spiro atoms. The molecule has 0 amide bonds. The third kappa shape index (κ3) is 2.92. The van der Waals surface area contributed by atoms with Gasteiger partial charge in [0.05, 0.1) is 17.5 Å². The van der Waals surface area contributed by atoms with Crippen molar-refractivity contribution in [3.8, 4) is 5.75 Å². The average molecular weight is 277 g/mol. The first-order valence-electron chi connectivity index (χ1n) is 4.37. The molecule has 1 aromatic carbocycles. The molecule has 0 aliphatic carbocycles. The molecule has 0 saturated heterocycles. The Balaban J connectivity index is 2.87. The van der Waals surface area contributed by atoms with Gasteiger partial charge in [0.2, 0.25) is 0 Å². The van der Waals surface area contributed by atoms with Gasteiger partial charge in [-0.05, 0) is 34.5 Å². The molecule has 0 aliphatic heterocycles. The standard InChI is InChI=1S/C10H10BrFO3/c1-2-15-8(13)5-6-3-4-7(12)10(14)9(6)11/h3-4,14H,2,5H2,1H3. The summed E-state index contributed by atoms with van der Waals surface area (Å²) in [6.45, 7) is 2.00. The van der Waals surface area contributed by atoms with Crippen molar-refractivity contribution in [3.63, 3.8) is 0 Å². The molecule has 0 heterocycles. The fraction of sp³-hybridized carbons (Fsp3) is 0.300. The van der Waals surface area contributed by atoms with Crippen LogP contribution in [-0.2, 0) is 16.0 Å². The fourth-order valence-corrected chi connectivity index (χ4v) is 1.55. The summed E-state index contributed by atoms with van der Waals surface area (Å²) in [6, 6.07) is 2.53. The lowest BCUT2D eigenvalue weighted by molar-refractivity contribution is -0.142. The molecule has 3 nitrogen and oxygen atoms in total. The normalized spacial score (nSPS) is 10.1. The van der Waals surface area contributed by atoms with E-state index in [0.717, 1.165) is 6.07 Å². The average Bonchev–Trinajstić information content (AvgIpc) is 2.20. The largest absolute Gasteiger partial charge is 0.504 e. The molecule has 82 valence electrons. The van der Waals surface area contributed by atoms with Crippen LogP contribution in [0.5, 0.6) is 5.75 Å². The molecular formula is C10H10BrFO3. The number of hydrogen-bond donors (Lipinski definition) is 1. The van der Waals surface area contributed by atoms with Gasteiger partial charge in [-0.2, -0.15) is 0 Å². The zero-order valence-electron chi connectivity index (χ0n) is 8.09. The maximum atomic E-state index is 12.8. The summed E-state index contributed by atoms with van der Waals surface area (Å²) >= 11 is 3.01. The molecule has 1 aromatic rings. The smallest absolute Gasteiger partial charge is 0.310 e. The Morgan fingerprint density at radius 2 is 2.27 bits per heavy atom. The van der Waals surface area contributed by atoms with Crippen LogP contribution in [0.4, 0.5) is 4.39 Å². The SMILES string of the molecule is CCOC(=O)Cc1ccc(F)c(O)c1Br. The van der Waals surface area contributed by atoms with Crippen molar-refractivity contribution in [1.29, 1.82) is 0 Å². The van der Waals surface area contributed by atoms with Crippen molar-refractivity contribution in [2.75, 3.05) is 6.61 Å². The number of halogens is 2. The number of hydrogen-bond acceptors (Lipinski definition) is 3. The van der Waals surface area contributed by atoms with Crippen LogP contribution in [0.1, 0.15) is 12.5 Å². The van der Waals surface area contributed by atoms with Crippen LogP contribution in [0.25, 0.3) is 0 Å². The summed E-state index contributed by atoms with van der Waals surface area (Å²) in [6.07, 6.45) is 0.00225. The van der Waals surface area contributed by atoms with Gasteiger partial charge < -0.3 is 9.84 Å². The van der Waals surface area contributed by atoms with Crippen molar-refractivity contribution in [2.45, 2.75) is 13.3 Å². The van der Waals surface area contributed by atoms with E-state index in [9.17, 15) is 14.3 Å². The number of rotatable bonds is 3. The lowest BCUT2D eigenvalue weighted by Crippen LogP contribution is -2.08. The number of phenols is 1. The Morgan fingerprint density at radius 1 is 1.60 bits per heavy atom. The first kappa shape index (κ1) is 12.0. The summed E-state index contributed by atoms with van der Waals surface area (Å²) in [4.78, 5) is 11.1. The number of ether oxygens (including phenoxy) is 1. The Morgan fingerprint density at radius 3 is 2.87 bits per heavy atom. The molecular weight excluding hydrogens is 267 g/mol. The molecule has 1 rings (SSSR count). The summed E-state index contributed by atoms with van der Waals surface area (Å²) in [5.74, 6) is -1.63. The van der Waals surface area contributed by atoms with E-state index in [0.29, 0.717) is 12.2 Å². The highest BCUT2D eigenvalue weighted by atomic mass is 79.9. The Bertz CT molecular complexity index is 379. The Labute approximate surface area is 95.0 Å². The molecule has 0 radical (unpaired) electrons. The van der Waals surface area contributed by atoms with Crippen molar-refractivity contribution < 1.29 is 19.0 Å². The third-order valence-corrected chi connectivity index (χ3v) is 2.67. The van der Waals surface area contributed by atoms with Gasteiger partial charge in [-0.15, -0.1) is 0 Å². The van der Waals surface area contributed by atoms with E-state index in [-0.39, 0.29) is 10.9 Å². The Hall–Kier alpha value is -1.10. The molecule has 0 saturated carbocycles. The number of phenolic OH excluding ortho intramolecular Hbond substituents is 1. The minimum absolute atomic E-state index is 0.00225. The van der Waals surface area contributed by atoms with E-state index >= 15 is 0 Å². The van der Waals surface area contributed by atoms with Crippen LogP contribution in [0, 0.1) is 5.82 Å². The van der Waals surface area contributed by atoms with E-state index in [1.807, 2.05) is 0 Å². The topological polar surface area (TPSA) is 46.5 Å². The van der Waals surface area contributed by atoms with Crippen LogP contribution in [0.2, 0.25) is 0 Å². The molecule has 0 aromatic heterocycles. The second kappa shape index (κ2) is 5.11. The Kier molecular flexibility index (Phi) is 4.08. The van der Waals surface area contributed by atoms with Crippen molar-refractivity contribution in [3.05, 3.63) is 28.0 Å². The highest BCUT2D eigenvalue weighted by Gasteiger charge is 2.13. The molecule has 0 atom stereocenters. The predicted molar refractivity (Wildman–Crippen MR) is 56.1 cm³/mol. The van der Waals surface area contributed by atoms with Crippen LogP contribution in [0.3, 0.4) is 0 Å².